The quantitative estimate of drug-likeness (QED) is 0.912. The average Bonchev–Trinajstić information content (AvgIpc) is 2.53. The molecule has 2 aromatic rings. The molecule has 0 atom stereocenters. The molecular formula is C16H18N2O2S. The predicted molar refractivity (Wildman–Crippen MR) is 85.6 cm³/mol. The zero-order valence-electron chi connectivity index (χ0n) is 11.7. The van der Waals surface area contributed by atoms with E-state index in [2.05, 4.69) is 10.3 Å². The van der Waals surface area contributed by atoms with Gasteiger partial charge in [-0.2, -0.15) is 11.8 Å². The molecule has 0 spiro atoms. The third-order valence-electron chi connectivity index (χ3n) is 3.87. The Morgan fingerprint density at radius 1 is 1.33 bits per heavy atom. The average molecular weight is 302 g/mol. The van der Waals surface area contributed by atoms with E-state index in [4.69, 9.17) is 0 Å². The first-order valence-electron chi connectivity index (χ1n) is 7.09. The van der Waals surface area contributed by atoms with Gasteiger partial charge in [-0.25, -0.2) is 0 Å². The lowest BCUT2D eigenvalue weighted by Crippen LogP contribution is -2.45. The Bertz CT molecular complexity index is 654. The van der Waals surface area contributed by atoms with Crippen molar-refractivity contribution in [3.8, 4) is 0 Å². The van der Waals surface area contributed by atoms with Crippen LogP contribution in [0.25, 0.3) is 10.9 Å². The van der Waals surface area contributed by atoms with Crippen LogP contribution in [0.4, 0.5) is 0 Å². The third-order valence-corrected chi connectivity index (χ3v) is 4.85. The van der Waals surface area contributed by atoms with Crippen LogP contribution in [-0.2, 0) is 0 Å². The zero-order chi connectivity index (χ0) is 14.7. The number of nitrogens with zero attached hydrogens (tertiary/aromatic N) is 1. The standard InChI is InChI=1S/C16H18N2O2S/c19-15(18-11-16(20)5-8-21-9-6-16)13-3-4-14-12(10-13)2-1-7-17-14/h1-4,7,10,20H,5-6,8-9,11H2,(H,18,19). The molecule has 21 heavy (non-hydrogen) atoms. The first-order chi connectivity index (χ1) is 10.2. The number of hydrogen-bond donors (Lipinski definition) is 2. The summed E-state index contributed by atoms with van der Waals surface area (Å²) < 4.78 is 0. The number of aromatic nitrogens is 1. The number of carbonyl (C=O) groups excluding carboxylic acids is 1. The first kappa shape index (κ1) is 14.4. The lowest BCUT2D eigenvalue weighted by Gasteiger charge is -2.31. The second-order valence-corrected chi connectivity index (χ2v) is 6.66. The van der Waals surface area contributed by atoms with Gasteiger partial charge < -0.3 is 10.4 Å². The number of benzene rings is 1. The Morgan fingerprint density at radius 3 is 2.95 bits per heavy atom. The van der Waals surface area contributed by atoms with E-state index in [0.717, 1.165) is 35.3 Å². The Balaban J connectivity index is 1.69. The molecule has 3 rings (SSSR count). The minimum atomic E-state index is -0.751. The van der Waals surface area contributed by atoms with E-state index in [1.165, 1.54) is 0 Å². The van der Waals surface area contributed by atoms with Gasteiger partial charge in [0.25, 0.3) is 5.91 Å². The molecule has 1 aromatic heterocycles. The van der Waals surface area contributed by atoms with Crippen molar-refractivity contribution in [3.05, 3.63) is 42.1 Å². The summed E-state index contributed by atoms with van der Waals surface area (Å²) in [5.74, 6) is 1.76. The molecule has 110 valence electrons. The minimum absolute atomic E-state index is 0.146. The second kappa shape index (κ2) is 6.03. The van der Waals surface area contributed by atoms with E-state index >= 15 is 0 Å². The summed E-state index contributed by atoms with van der Waals surface area (Å²) in [5, 5.41) is 14.2. The molecule has 1 aromatic carbocycles. The Hall–Kier alpha value is -1.59. The monoisotopic (exact) mass is 302 g/mol. The fourth-order valence-electron chi connectivity index (χ4n) is 2.49. The summed E-state index contributed by atoms with van der Waals surface area (Å²) >= 11 is 1.85. The molecule has 4 nitrogen and oxygen atoms in total. The van der Waals surface area contributed by atoms with E-state index in [0.29, 0.717) is 12.1 Å². The molecule has 0 unspecified atom stereocenters. The van der Waals surface area contributed by atoms with Crippen LogP contribution in [0.15, 0.2) is 36.5 Å². The van der Waals surface area contributed by atoms with Crippen molar-refractivity contribution in [2.24, 2.45) is 0 Å². The summed E-state index contributed by atoms with van der Waals surface area (Å²) in [6.45, 7) is 0.317. The lowest BCUT2D eigenvalue weighted by molar-refractivity contribution is 0.0311. The van der Waals surface area contributed by atoms with Gasteiger partial charge in [0.1, 0.15) is 0 Å². The molecule has 5 heteroatoms. The van der Waals surface area contributed by atoms with Crippen LogP contribution in [0.2, 0.25) is 0 Å². The maximum Gasteiger partial charge on any atom is 0.251 e. The van der Waals surface area contributed by atoms with Gasteiger partial charge in [-0.3, -0.25) is 9.78 Å². The van der Waals surface area contributed by atoms with Crippen LogP contribution in [0.3, 0.4) is 0 Å². The number of rotatable bonds is 3. The molecule has 1 saturated heterocycles. The zero-order valence-corrected chi connectivity index (χ0v) is 12.5. The summed E-state index contributed by atoms with van der Waals surface area (Å²) in [7, 11) is 0. The Morgan fingerprint density at radius 2 is 2.14 bits per heavy atom. The molecule has 0 bridgehead atoms. The van der Waals surface area contributed by atoms with Gasteiger partial charge in [0.15, 0.2) is 0 Å². The van der Waals surface area contributed by atoms with E-state index in [-0.39, 0.29) is 5.91 Å². The van der Waals surface area contributed by atoms with Gasteiger partial charge in [-0.05, 0) is 48.6 Å². The molecule has 0 aliphatic carbocycles. The molecule has 1 aliphatic rings. The van der Waals surface area contributed by atoms with Crippen molar-refractivity contribution >= 4 is 28.6 Å². The fourth-order valence-corrected chi connectivity index (χ4v) is 3.74. The summed E-state index contributed by atoms with van der Waals surface area (Å²) in [4.78, 5) is 16.5. The third kappa shape index (κ3) is 3.36. The molecular weight excluding hydrogens is 284 g/mol. The molecule has 1 aliphatic heterocycles. The summed E-state index contributed by atoms with van der Waals surface area (Å²) in [6, 6.07) is 9.23. The topological polar surface area (TPSA) is 62.2 Å². The lowest BCUT2D eigenvalue weighted by atomic mass is 9.96. The number of amides is 1. The number of nitrogens with one attached hydrogen (secondary N) is 1. The molecule has 1 amide bonds. The van der Waals surface area contributed by atoms with E-state index in [1.807, 2.05) is 36.0 Å². The summed E-state index contributed by atoms with van der Waals surface area (Å²) in [5.41, 5.74) is 0.723. The van der Waals surface area contributed by atoms with Gasteiger partial charge in [0.05, 0.1) is 11.1 Å². The van der Waals surface area contributed by atoms with Gasteiger partial charge in [-0.1, -0.05) is 6.07 Å². The Kier molecular flexibility index (Phi) is 4.12. The van der Waals surface area contributed by atoms with E-state index in [1.54, 1.807) is 12.3 Å². The highest BCUT2D eigenvalue weighted by molar-refractivity contribution is 7.99. The second-order valence-electron chi connectivity index (χ2n) is 5.43. The molecule has 0 saturated carbocycles. The van der Waals surface area contributed by atoms with Gasteiger partial charge in [-0.15, -0.1) is 0 Å². The van der Waals surface area contributed by atoms with Crippen LogP contribution in [-0.4, -0.2) is 39.6 Å². The summed E-state index contributed by atoms with van der Waals surface area (Å²) in [6.07, 6.45) is 3.21. The SMILES string of the molecule is O=C(NCC1(O)CCSCC1)c1ccc2ncccc2c1. The van der Waals surface area contributed by atoms with Gasteiger partial charge in [0.2, 0.25) is 0 Å². The highest BCUT2D eigenvalue weighted by Crippen LogP contribution is 2.26. The van der Waals surface area contributed by atoms with Crippen molar-refractivity contribution in [1.82, 2.24) is 10.3 Å². The molecule has 2 N–H and O–H groups in total. The highest BCUT2D eigenvalue weighted by Gasteiger charge is 2.29. The van der Waals surface area contributed by atoms with Crippen molar-refractivity contribution < 1.29 is 9.90 Å². The van der Waals surface area contributed by atoms with E-state index in [9.17, 15) is 9.90 Å². The minimum Gasteiger partial charge on any atom is -0.388 e. The first-order valence-corrected chi connectivity index (χ1v) is 8.25. The van der Waals surface area contributed by atoms with Crippen LogP contribution >= 0.6 is 11.8 Å². The van der Waals surface area contributed by atoms with Gasteiger partial charge >= 0.3 is 0 Å². The molecule has 1 fully saturated rings. The number of hydrogen-bond acceptors (Lipinski definition) is 4. The number of thioether (sulfide) groups is 1. The predicted octanol–water partition coefficient (Wildman–Crippen LogP) is 2.22. The number of carbonyl (C=O) groups is 1. The normalized spacial score (nSPS) is 17.6. The number of aliphatic hydroxyl groups is 1. The van der Waals surface area contributed by atoms with Gasteiger partial charge in [0, 0.05) is 23.7 Å². The fraction of sp³-hybridized carbons (Fsp3) is 0.375. The smallest absolute Gasteiger partial charge is 0.251 e. The van der Waals surface area contributed by atoms with Crippen molar-refractivity contribution in [2.45, 2.75) is 18.4 Å². The molecule has 2 heterocycles. The molecule has 0 radical (unpaired) electrons. The number of pyridine rings is 1. The maximum absolute atomic E-state index is 12.2. The van der Waals surface area contributed by atoms with Crippen LogP contribution in [0.1, 0.15) is 23.2 Å². The van der Waals surface area contributed by atoms with E-state index < -0.39 is 5.60 Å². The van der Waals surface area contributed by atoms with Crippen molar-refractivity contribution in [3.63, 3.8) is 0 Å². The Labute approximate surface area is 128 Å². The van der Waals surface area contributed by atoms with Crippen LogP contribution in [0, 0.1) is 0 Å². The largest absolute Gasteiger partial charge is 0.388 e. The highest BCUT2D eigenvalue weighted by atomic mass is 32.2. The van der Waals surface area contributed by atoms with Crippen LogP contribution < -0.4 is 5.32 Å². The number of fused-ring (bicyclic) bond motifs is 1. The maximum atomic E-state index is 12.2. The van der Waals surface area contributed by atoms with Crippen molar-refractivity contribution in [1.29, 1.82) is 0 Å². The van der Waals surface area contributed by atoms with Crippen LogP contribution in [0.5, 0.6) is 0 Å². The van der Waals surface area contributed by atoms with Crippen molar-refractivity contribution in [2.75, 3.05) is 18.1 Å².